The Morgan fingerprint density at radius 2 is 1.71 bits per heavy atom. The van der Waals surface area contributed by atoms with Crippen LogP contribution in [0, 0.1) is 0 Å². The van der Waals surface area contributed by atoms with Gasteiger partial charge in [-0.2, -0.15) is 0 Å². The Hall–Kier alpha value is -3.08. The molecule has 0 fully saturated rings. The first kappa shape index (κ1) is 12.9. The Labute approximate surface area is 119 Å². The number of carboxylic acid groups (broad SMARTS) is 1. The fraction of sp³-hybridized carbons (Fsp3) is 0. The number of benzene rings is 2. The maximum Gasteiger partial charge on any atom is 0.336 e. The molecule has 5 nitrogen and oxygen atoms in total. The Kier molecular flexibility index (Phi) is 2.95. The minimum absolute atomic E-state index is 0.0570. The van der Waals surface area contributed by atoms with Crippen molar-refractivity contribution in [3.05, 3.63) is 64.4 Å². The second-order valence-electron chi connectivity index (χ2n) is 4.58. The van der Waals surface area contributed by atoms with Gasteiger partial charge in [0.2, 0.25) is 0 Å². The number of rotatable bonds is 2. The summed E-state index contributed by atoms with van der Waals surface area (Å²) in [4.78, 5) is 26.1. The van der Waals surface area contributed by atoms with Crippen molar-refractivity contribution in [1.82, 2.24) is 4.98 Å². The number of aromatic amines is 1. The lowest BCUT2D eigenvalue weighted by Crippen LogP contribution is -2.11. The number of H-pyrrole nitrogens is 1. The fourth-order valence-electron chi connectivity index (χ4n) is 2.38. The number of pyridine rings is 1. The molecule has 3 aromatic rings. The first-order chi connectivity index (χ1) is 10.1. The second kappa shape index (κ2) is 4.79. The van der Waals surface area contributed by atoms with E-state index in [9.17, 15) is 19.8 Å². The first-order valence-corrected chi connectivity index (χ1v) is 6.26. The highest BCUT2D eigenvalue weighted by Gasteiger charge is 2.18. The van der Waals surface area contributed by atoms with Gasteiger partial charge in [0.1, 0.15) is 5.75 Å². The van der Waals surface area contributed by atoms with Gasteiger partial charge in [-0.1, -0.05) is 36.4 Å². The van der Waals surface area contributed by atoms with E-state index in [0.29, 0.717) is 5.56 Å². The number of hydrogen-bond donors (Lipinski definition) is 3. The predicted molar refractivity (Wildman–Crippen MR) is 78.6 cm³/mol. The molecule has 3 N–H and O–H groups in total. The third-order valence-electron chi connectivity index (χ3n) is 3.31. The van der Waals surface area contributed by atoms with E-state index < -0.39 is 11.5 Å². The van der Waals surface area contributed by atoms with Crippen LogP contribution in [0.5, 0.6) is 5.75 Å². The van der Waals surface area contributed by atoms with Crippen LogP contribution in [0.25, 0.3) is 22.0 Å². The van der Waals surface area contributed by atoms with E-state index in [0.717, 1.165) is 0 Å². The van der Waals surface area contributed by atoms with Crippen LogP contribution < -0.4 is 5.56 Å². The summed E-state index contributed by atoms with van der Waals surface area (Å²) in [5.74, 6) is -1.49. The lowest BCUT2D eigenvalue weighted by atomic mass is 10.0. The summed E-state index contributed by atoms with van der Waals surface area (Å²) in [5.41, 5.74) is 0.361. The molecule has 0 aliphatic carbocycles. The smallest absolute Gasteiger partial charge is 0.336 e. The Balaban J connectivity index is 2.46. The van der Waals surface area contributed by atoms with Crippen molar-refractivity contribution in [2.75, 3.05) is 0 Å². The van der Waals surface area contributed by atoms with Crippen molar-refractivity contribution >= 4 is 16.9 Å². The lowest BCUT2D eigenvalue weighted by molar-refractivity contribution is 0.0698. The highest BCUT2D eigenvalue weighted by atomic mass is 16.4. The molecule has 0 saturated carbocycles. The summed E-state index contributed by atoms with van der Waals surface area (Å²) in [7, 11) is 0. The standard InChI is InChI=1S/C16H11NO4/c18-14-12(9-5-2-1-3-6-9)15(19)17-11-8-4-7-10(13(11)14)16(20)21/h1-8H,(H,20,21)(H2,17,18,19). The van der Waals surface area contributed by atoms with Gasteiger partial charge in [0.05, 0.1) is 22.0 Å². The van der Waals surface area contributed by atoms with Gasteiger partial charge in [0, 0.05) is 0 Å². The van der Waals surface area contributed by atoms with Crippen LogP contribution in [0.15, 0.2) is 53.3 Å². The van der Waals surface area contributed by atoms with Crippen molar-refractivity contribution in [2.45, 2.75) is 0 Å². The average molecular weight is 281 g/mol. The van der Waals surface area contributed by atoms with Crippen molar-refractivity contribution in [3.63, 3.8) is 0 Å². The molecule has 3 rings (SSSR count). The zero-order valence-electron chi connectivity index (χ0n) is 10.8. The fourth-order valence-corrected chi connectivity index (χ4v) is 2.38. The molecule has 21 heavy (non-hydrogen) atoms. The maximum absolute atomic E-state index is 12.2. The molecule has 1 heterocycles. The molecule has 0 aliphatic rings. The molecule has 0 amide bonds. The zero-order chi connectivity index (χ0) is 15.0. The highest BCUT2D eigenvalue weighted by molar-refractivity contribution is 6.07. The first-order valence-electron chi connectivity index (χ1n) is 6.26. The number of aromatic carboxylic acids is 1. The van der Waals surface area contributed by atoms with E-state index in [1.165, 1.54) is 12.1 Å². The van der Waals surface area contributed by atoms with E-state index in [1.54, 1.807) is 36.4 Å². The van der Waals surface area contributed by atoms with Crippen molar-refractivity contribution in [3.8, 4) is 16.9 Å². The second-order valence-corrected chi connectivity index (χ2v) is 4.58. The number of hydrogen-bond acceptors (Lipinski definition) is 3. The molecule has 104 valence electrons. The maximum atomic E-state index is 12.2. The molecular weight excluding hydrogens is 270 g/mol. The molecule has 0 radical (unpaired) electrons. The molecule has 5 heteroatoms. The lowest BCUT2D eigenvalue weighted by Gasteiger charge is -2.09. The Morgan fingerprint density at radius 3 is 2.38 bits per heavy atom. The number of aromatic hydroxyl groups is 1. The zero-order valence-corrected chi connectivity index (χ0v) is 10.8. The van der Waals surface area contributed by atoms with Crippen LogP contribution in [0.2, 0.25) is 0 Å². The molecule has 0 atom stereocenters. The third kappa shape index (κ3) is 2.04. The van der Waals surface area contributed by atoms with E-state index in [1.807, 2.05) is 0 Å². The summed E-state index contributed by atoms with van der Waals surface area (Å²) in [6.07, 6.45) is 0. The third-order valence-corrected chi connectivity index (χ3v) is 3.31. The quantitative estimate of drug-likeness (QED) is 0.673. The summed E-state index contributed by atoms with van der Waals surface area (Å²) in [6, 6.07) is 13.1. The molecule has 0 spiro atoms. The minimum Gasteiger partial charge on any atom is -0.506 e. The van der Waals surface area contributed by atoms with Crippen molar-refractivity contribution < 1.29 is 15.0 Å². The molecular formula is C16H11NO4. The van der Waals surface area contributed by atoms with Crippen LogP contribution in [0.4, 0.5) is 0 Å². The molecule has 1 aromatic heterocycles. The van der Waals surface area contributed by atoms with Gasteiger partial charge >= 0.3 is 5.97 Å². The summed E-state index contributed by atoms with van der Waals surface area (Å²) < 4.78 is 0. The molecule has 0 aliphatic heterocycles. The molecule has 2 aromatic carbocycles. The van der Waals surface area contributed by atoms with Crippen LogP contribution in [0.3, 0.4) is 0 Å². The summed E-state index contributed by atoms with van der Waals surface area (Å²) in [6.45, 7) is 0. The topological polar surface area (TPSA) is 90.4 Å². The van der Waals surface area contributed by atoms with Crippen LogP contribution in [-0.2, 0) is 0 Å². The SMILES string of the molecule is O=C(O)c1cccc2[nH]c(=O)c(-c3ccccc3)c(O)c12. The number of carbonyl (C=O) groups is 1. The average Bonchev–Trinajstić information content (AvgIpc) is 2.47. The normalized spacial score (nSPS) is 10.7. The molecule has 0 saturated heterocycles. The van der Waals surface area contributed by atoms with Gasteiger partial charge in [0.25, 0.3) is 5.56 Å². The van der Waals surface area contributed by atoms with Gasteiger partial charge in [-0.15, -0.1) is 0 Å². The largest absolute Gasteiger partial charge is 0.506 e. The van der Waals surface area contributed by atoms with Gasteiger partial charge in [-0.25, -0.2) is 4.79 Å². The van der Waals surface area contributed by atoms with Crippen LogP contribution in [0.1, 0.15) is 10.4 Å². The Bertz CT molecular complexity index is 897. The van der Waals surface area contributed by atoms with Crippen LogP contribution >= 0.6 is 0 Å². The van der Waals surface area contributed by atoms with Gasteiger partial charge in [0.15, 0.2) is 0 Å². The number of fused-ring (bicyclic) bond motifs is 1. The van der Waals surface area contributed by atoms with Crippen molar-refractivity contribution in [2.24, 2.45) is 0 Å². The molecule has 0 unspecified atom stereocenters. The minimum atomic E-state index is -1.16. The van der Waals surface area contributed by atoms with Crippen molar-refractivity contribution in [1.29, 1.82) is 0 Å². The number of carboxylic acids is 1. The van der Waals surface area contributed by atoms with Gasteiger partial charge in [-0.05, 0) is 17.7 Å². The molecule has 0 bridgehead atoms. The summed E-state index contributed by atoms with van der Waals surface area (Å²) in [5, 5.41) is 19.8. The monoisotopic (exact) mass is 281 g/mol. The number of nitrogens with one attached hydrogen (secondary N) is 1. The van der Waals surface area contributed by atoms with Crippen LogP contribution in [-0.4, -0.2) is 21.2 Å². The number of aromatic nitrogens is 1. The predicted octanol–water partition coefficient (Wildman–Crippen LogP) is 2.60. The van der Waals surface area contributed by atoms with E-state index >= 15 is 0 Å². The van der Waals surface area contributed by atoms with E-state index in [2.05, 4.69) is 4.98 Å². The van der Waals surface area contributed by atoms with Gasteiger partial charge in [-0.3, -0.25) is 4.79 Å². The van der Waals surface area contributed by atoms with Gasteiger partial charge < -0.3 is 15.2 Å². The highest BCUT2D eigenvalue weighted by Crippen LogP contribution is 2.33. The Morgan fingerprint density at radius 1 is 1.00 bits per heavy atom. The summed E-state index contributed by atoms with van der Waals surface area (Å²) >= 11 is 0. The van der Waals surface area contributed by atoms with E-state index in [4.69, 9.17) is 0 Å². The van der Waals surface area contributed by atoms with E-state index in [-0.39, 0.29) is 27.8 Å².